The number of benzene rings is 1. The van der Waals surface area contributed by atoms with E-state index < -0.39 is 0 Å². The number of aryl methyl sites for hydroxylation is 1. The molecule has 0 spiro atoms. The first-order valence-corrected chi connectivity index (χ1v) is 14.0. The Balaban J connectivity index is 1.25. The lowest BCUT2D eigenvalue weighted by molar-refractivity contribution is 0.122. The van der Waals surface area contributed by atoms with Gasteiger partial charge in [-0.2, -0.15) is 4.98 Å². The molecular formula is C28H36N10O2. The van der Waals surface area contributed by atoms with Gasteiger partial charge in [0.25, 0.3) is 0 Å². The van der Waals surface area contributed by atoms with Crippen molar-refractivity contribution in [3.63, 3.8) is 0 Å². The standard InChI is InChI=1S/C28H36N10O2/c1-3-35-8-10-36(11-9-35)21-4-5-23(19(2)16-21)32-28(39)38-7-6-22-24(20-17-30-26(29)31-18-20)33-27(34-25(22)38)37-12-14-40-15-13-37/h4-5,16-18H,3,6-15H2,1-2H3,(H,32,39)(H2,29,30,31). The van der Waals surface area contributed by atoms with E-state index in [2.05, 4.69) is 49.0 Å². The Morgan fingerprint density at radius 3 is 2.45 bits per heavy atom. The molecule has 2 fully saturated rings. The van der Waals surface area contributed by atoms with Crippen LogP contribution in [0, 0.1) is 6.92 Å². The lowest BCUT2D eigenvalue weighted by Crippen LogP contribution is -2.46. The molecule has 3 aliphatic rings. The highest BCUT2D eigenvalue weighted by Gasteiger charge is 2.32. The molecule has 6 rings (SSSR count). The number of carbonyl (C=O) groups is 1. The first kappa shape index (κ1) is 26.2. The van der Waals surface area contributed by atoms with E-state index in [1.54, 1.807) is 17.3 Å². The van der Waals surface area contributed by atoms with Gasteiger partial charge in [0, 0.05) is 80.7 Å². The fraction of sp³-hybridized carbons (Fsp3) is 0.464. The number of fused-ring (bicyclic) bond motifs is 1. The van der Waals surface area contributed by atoms with Crippen LogP contribution in [0.2, 0.25) is 0 Å². The average molecular weight is 545 g/mol. The van der Waals surface area contributed by atoms with E-state index in [0.29, 0.717) is 51.0 Å². The summed E-state index contributed by atoms with van der Waals surface area (Å²) >= 11 is 0. The summed E-state index contributed by atoms with van der Waals surface area (Å²) < 4.78 is 5.52. The molecule has 40 heavy (non-hydrogen) atoms. The predicted molar refractivity (Wildman–Crippen MR) is 156 cm³/mol. The lowest BCUT2D eigenvalue weighted by atomic mass is 10.1. The maximum Gasteiger partial charge on any atom is 0.327 e. The summed E-state index contributed by atoms with van der Waals surface area (Å²) in [7, 11) is 0. The van der Waals surface area contributed by atoms with Gasteiger partial charge in [-0.15, -0.1) is 0 Å². The first-order chi connectivity index (χ1) is 19.5. The zero-order valence-electron chi connectivity index (χ0n) is 23.1. The Bertz CT molecular complexity index is 1370. The van der Waals surface area contributed by atoms with Gasteiger partial charge in [-0.05, 0) is 43.7 Å². The molecule has 0 unspecified atom stereocenters. The molecule has 3 N–H and O–H groups in total. The number of carbonyl (C=O) groups excluding carboxylic acids is 1. The number of ether oxygens (including phenoxy) is 1. The number of rotatable bonds is 5. The van der Waals surface area contributed by atoms with Crippen molar-refractivity contribution in [3.8, 4) is 11.3 Å². The monoisotopic (exact) mass is 544 g/mol. The third-order valence-electron chi connectivity index (χ3n) is 7.94. The Morgan fingerprint density at radius 1 is 1.00 bits per heavy atom. The highest BCUT2D eigenvalue weighted by Crippen LogP contribution is 2.36. The van der Waals surface area contributed by atoms with Crippen LogP contribution in [-0.2, 0) is 11.2 Å². The number of piperazine rings is 1. The van der Waals surface area contributed by atoms with Crippen LogP contribution >= 0.6 is 0 Å². The highest BCUT2D eigenvalue weighted by molar-refractivity contribution is 6.03. The van der Waals surface area contributed by atoms with E-state index in [9.17, 15) is 4.79 Å². The summed E-state index contributed by atoms with van der Waals surface area (Å²) in [6.45, 7) is 12.6. The fourth-order valence-electron chi connectivity index (χ4n) is 5.53. The fourth-order valence-corrected chi connectivity index (χ4v) is 5.53. The minimum Gasteiger partial charge on any atom is -0.378 e. The highest BCUT2D eigenvalue weighted by atomic mass is 16.5. The van der Waals surface area contributed by atoms with E-state index in [1.165, 1.54) is 5.69 Å². The summed E-state index contributed by atoms with van der Waals surface area (Å²) in [6.07, 6.45) is 3.97. The lowest BCUT2D eigenvalue weighted by Gasteiger charge is -2.35. The number of anilines is 5. The molecule has 3 aliphatic heterocycles. The predicted octanol–water partition coefficient (Wildman–Crippen LogP) is 2.40. The van der Waals surface area contributed by atoms with Crippen LogP contribution in [0.15, 0.2) is 30.6 Å². The van der Waals surface area contributed by atoms with Gasteiger partial charge in [-0.3, -0.25) is 4.90 Å². The maximum absolute atomic E-state index is 13.6. The van der Waals surface area contributed by atoms with Crippen molar-refractivity contribution in [2.24, 2.45) is 0 Å². The van der Waals surface area contributed by atoms with Crippen molar-refractivity contribution >= 4 is 35.1 Å². The van der Waals surface area contributed by atoms with Gasteiger partial charge in [-0.25, -0.2) is 19.7 Å². The van der Waals surface area contributed by atoms with E-state index in [4.69, 9.17) is 20.4 Å². The van der Waals surface area contributed by atoms with Crippen molar-refractivity contribution in [2.45, 2.75) is 20.3 Å². The number of morpholine rings is 1. The molecule has 2 amide bonds. The van der Waals surface area contributed by atoms with E-state index in [-0.39, 0.29) is 12.0 Å². The number of nitrogens with zero attached hydrogens (tertiary/aromatic N) is 8. The molecule has 1 aromatic carbocycles. The molecular weight excluding hydrogens is 508 g/mol. The van der Waals surface area contributed by atoms with E-state index >= 15 is 0 Å². The van der Waals surface area contributed by atoms with Crippen LogP contribution in [0.5, 0.6) is 0 Å². The molecule has 2 aromatic heterocycles. The molecule has 0 radical (unpaired) electrons. The second-order valence-corrected chi connectivity index (χ2v) is 10.4. The number of hydrogen-bond donors (Lipinski definition) is 2. The Labute approximate surface area is 234 Å². The molecule has 0 saturated carbocycles. The van der Waals surface area contributed by atoms with Gasteiger partial charge >= 0.3 is 6.03 Å². The number of nitrogen functional groups attached to an aromatic ring is 1. The molecule has 0 bridgehead atoms. The van der Waals surface area contributed by atoms with Crippen LogP contribution in [0.3, 0.4) is 0 Å². The van der Waals surface area contributed by atoms with Crippen molar-refractivity contribution in [1.29, 1.82) is 0 Å². The van der Waals surface area contributed by atoms with Crippen molar-refractivity contribution < 1.29 is 9.53 Å². The summed E-state index contributed by atoms with van der Waals surface area (Å²) in [6, 6.07) is 6.05. The molecule has 12 nitrogen and oxygen atoms in total. The molecule has 0 aliphatic carbocycles. The zero-order chi connectivity index (χ0) is 27.6. The number of aromatic nitrogens is 4. The number of hydrogen-bond acceptors (Lipinski definition) is 10. The molecule has 12 heteroatoms. The molecule has 5 heterocycles. The average Bonchev–Trinajstić information content (AvgIpc) is 3.43. The number of likely N-dealkylation sites (N-methyl/N-ethyl adjacent to an activating group) is 1. The first-order valence-electron chi connectivity index (χ1n) is 14.0. The number of nitrogens with one attached hydrogen (secondary N) is 1. The largest absolute Gasteiger partial charge is 0.378 e. The van der Waals surface area contributed by atoms with Crippen molar-refractivity contribution in [3.05, 3.63) is 41.7 Å². The van der Waals surface area contributed by atoms with Crippen molar-refractivity contribution in [2.75, 3.05) is 91.3 Å². The SMILES string of the molecule is CCN1CCN(c2ccc(NC(=O)N3CCc4c(-c5cnc(N)nc5)nc(N5CCOCC5)nc43)c(C)c2)CC1. The third-order valence-corrected chi connectivity index (χ3v) is 7.94. The summed E-state index contributed by atoms with van der Waals surface area (Å²) in [5.41, 5.74) is 11.1. The molecule has 210 valence electrons. The normalized spacial score (nSPS) is 17.7. The zero-order valence-corrected chi connectivity index (χ0v) is 23.1. The molecule has 3 aromatic rings. The Hall–Kier alpha value is -4.03. The van der Waals surface area contributed by atoms with Crippen LogP contribution in [-0.4, -0.2) is 96.4 Å². The molecule has 2 saturated heterocycles. The summed E-state index contributed by atoms with van der Waals surface area (Å²) in [4.78, 5) is 40.4. The minimum atomic E-state index is -0.211. The summed E-state index contributed by atoms with van der Waals surface area (Å²) in [5, 5.41) is 3.13. The number of nitrogens with two attached hydrogens (primary N) is 1. The number of amides is 2. The third kappa shape index (κ3) is 5.24. The molecule has 0 atom stereocenters. The Kier molecular flexibility index (Phi) is 7.35. The Morgan fingerprint density at radius 2 is 1.75 bits per heavy atom. The van der Waals surface area contributed by atoms with Gasteiger partial charge in [-0.1, -0.05) is 6.92 Å². The van der Waals surface area contributed by atoms with Gasteiger partial charge in [0.2, 0.25) is 11.9 Å². The number of urea groups is 1. The maximum atomic E-state index is 13.6. The van der Waals surface area contributed by atoms with Gasteiger partial charge in [0.15, 0.2) is 0 Å². The van der Waals surface area contributed by atoms with Gasteiger partial charge in [0.05, 0.1) is 18.9 Å². The van der Waals surface area contributed by atoms with E-state index in [1.807, 2.05) is 13.0 Å². The minimum absolute atomic E-state index is 0.202. The van der Waals surface area contributed by atoms with E-state index in [0.717, 1.165) is 60.8 Å². The second-order valence-electron chi connectivity index (χ2n) is 10.4. The van der Waals surface area contributed by atoms with Crippen LogP contribution in [0.25, 0.3) is 11.3 Å². The topological polar surface area (TPSA) is 129 Å². The van der Waals surface area contributed by atoms with Crippen LogP contribution in [0.1, 0.15) is 18.1 Å². The quantitative estimate of drug-likeness (QED) is 0.494. The smallest absolute Gasteiger partial charge is 0.327 e. The van der Waals surface area contributed by atoms with Gasteiger partial charge < -0.3 is 30.5 Å². The second kappa shape index (κ2) is 11.2. The van der Waals surface area contributed by atoms with Crippen LogP contribution in [0.4, 0.5) is 33.9 Å². The van der Waals surface area contributed by atoms with Gasteiger partial charge in [0.1, 0.15) is 5.82 Å². The summed E-state index contributed by atoms with van der Waals surface area (Å²) in [5.74, 6) is 1.38. The van der Waals surface area contributed by atoms with Crippen LogP contribution < -0.4 is 25.8 Å². The van der Waals surface area contributed by atoms with Crippen molar-refractivity contribution in [1.82, 2.24) is 24.8 Å².